The Morgan fingerprint density at radius 1 is 1.41 bits per heavy atom. The number of hydrogen-bond acceptors (Lipinski definition) is 5. The van der Waals surface area contributed by atoms with E-state index >= 15 is 0 Å². The number of ether oxygens (including phenoxy) is 2. The summed E-state index contributed by atoms with van der Waals surface area (Å²) in [5.41, 5.74) is 1.05. The molecule has 22 heavy (non-hydrogen) atoms. The molecule has 0 saturated carbocycles. The molecule has 0 spiro atoms. The van der Waals surface area contributed by atoms with Crippen molar-refractivity contribution in [3.05, 3.63) is 35.7 Å². The zero-order chi connectivity index (χ0) is 15.4. The first kappa shape index (κ1) is 17.7. The van der Waals surface area contributed by atoms with E-state index in [0.29, 0.717) is 23.4 Å². The lowest BCUT2D eigenvalue weighted by Gasteiger charge is -2.14. The summed E-state index contributed by atoms with van der Waals surface area (Å²) >= 11 is 0. The zero-order valence-corrected chi connectivity index (χ0v) is 13.4. The SMILES string of the molecule is CCOC(=O)C(C)c1cnc(C#N)c2cc(OC)ccc12.Cl. The number of halogens is 1. The molecule has 1 unspecified atom stereocenters. The fraction of sp³-hybridized carbons (Fsp3) is 0.312. The number of esters is 1. The molecule has 0 saturated heterocycles. The second-order valence-electron chi connectivity index (χ2n) is 4.56. The molecule has 0 aliphatic carbocycles. The van der Waals surface area contributed by atoms with Crippen LogP contribution in [0.3, 0.4) is 0 Å². The maximum Gasteiger partial charge on any atom is 0.313 e. The van der Waals surface area contributed by atoms with Gasteiger partial charge in [-0.1, -0.05) is 6.07 Å². The van der Waals surface area contributed by atoms with Gasteiger partial charge in [-0.3, -0.25) is 4.79 Å². The normalized spacial score (nSPS) is 11.2. The Morgan fingerprint density at radius 2 is 2.14 bits per heavy atom. The van der Waals surface area contributed by atoms with Gasteiger partial charge < -0.3 is 9.47 Å². The first-order chi connectivity index (χ1) is 10.1. The smallest absolute Gasteiger partial charge is 0.313 e. The van der Waals surface area contributed by atoms with E-state index < -0.39 is 5.92 Å². The summed E-state index contributed by atoms with van der Waals surface area (Å²) in [5.74, 6) is -0.107. The minimum Gasteiger partial charge on any atom is -0.497 e. The summed E-state index contributed by atoms with van der Waals surface area (Å²) in [4.78, 5) is 16.1. The Bertz CT molecular complexity index is 725. The van der Waals surface area contributed by atoms with Crippen LogP contribution in [0.5, 0.6) is 5.75 Å². The van der Waals surface area contributed by atoms with Crippen LogP contribution in [0.1, 0.15) is 31.0 Å². The van der Waals surface area contributed by atoms with Gasteiger partial charge in [-0.05, 0) is 36.9 Å². The molecule has 1 atom stereocenters. The highest BCUT2D eigenvalue weighted by molar-refractivity contribution is 5.94. The minimum atomic E-state index is -0.443. The van der Waals surface area contributed by atoms with Gasteiger partial charge in [-0.25, -0.2) is 4.98 Å². The molecule has 5 nitrogen and oxygen atoms in total. The van der Waals surface area contributed by atoms with Gasteiger partial charge in [0, 0.05) is 11.6 Å². The Morgan fingerprint density at radius 3 is 2.73 bits per heavy atom. The largest absolute Gasteiger partial charge is 0.497 e. The number of pyridine rings is 1. The van der Waals surface area contributed by atoms with Crippen molar-refractivity contribution in [3.63, 3.8) is 0 Å². The van der Waals surface area contributed by atoms with E-state index in [0.717, 1.165) is 10.9 Å². The Balaban J connectivity index is 0.00000242. The molecular weight excluding hydrogens is 304 g/mol. The van der Waals surface area contributed by atoms with Crippen LogP contribution in [-0.2, 0) is 9.53 Å². The van der Waals surface area contributed by atoms with Crippen LogP contribution in [0.15, 0.2) is 24.4 Å². The Hall–Kier alpha value is -2.32. The first-order valence-corrected chi connectivity index (χ1v) is 6.65. The molecule has 1 aromatic carbocycles. The molecule has 6 heteroatoms. The van der Waals surface area contributed by atoms with Crippen molar-refractivity contribution < 1.29 is 14.3 Å². The molecule has 0 aliphatic rings. The van der Waals surface area contributed by atoms with E-state index in [1.807, 2.05) is 6.07 Å². The summed E-state index contributed by atoms with van der Waals surface area (Å²) < 4.78 is 10.2. The van der Waals surface area contributed by atoms with Gasteiger partial charge in [0.2, 0.25) is 0 Å². The van der Waals surface area contributed by atoms with Gasteiger partial charge in [0.05, 0.1) is 19.6 Å². The van der Waals surface area contributed by atoms with Crippen LogP contribution in [0.25, 0.3) is 10.8 Å². The first-order valence-electron chi connectivity index (χ1n) is 6.65. The molecule has 116 valence electrons. The molecule has 2 rings (SSSR count). The second-order valence-corrected chi connectivity index (χ2v) is 4.56. The number of benzene rings is 1. The third-order valence-electron chi connectivity index (χ3n) is 3.34. The number of rotatable bonds is 4. The summed E-state index contributed by atoms with van der Waals surface area (Å²) in [6.45, 7) is 3.87. The highest BCUT2D eigenvalue weighted by atomic mass is 35.5. The number of aromatic nitrogens is 1. The lowest BCUT2D eigenvalue weighted by molar-refractivity contribution is -0.144. The van der Waals surface area contributed by atoms with E-state index in [1.54, 1.807) is 39.3 Å². The molecule has 1 aromatic heterocycles. The van der Waals surface area contributed by atoms with Crippen LogP contribution in [-0.4, -0.2) is 24.7 Å². The van der Waals surface area contributed by atoms with E-state index in [1.165, 1.54) is 0 Å². The topological polar surface area (TPSA) is 72.2 Å². The van der Waals surface area contributed by atoms with Crippen LogP contribution in [0, 0.1) is 11.3 Å². The lowest BCUT2D eigenvalue weighted by atomic mass is 9.96. The van der Waals surface area contributed by atoms with Crippen molar-refractivity contribution in [2.45, 2.75) is 19.8 Å². The summed E-state index contributed by atoms with van der Waals surface area (Å²) in [5, 5.41) is 10.7. The molecule has 1 heterocycles. The van der Waals surface area contributed by atoms with Crippen molar-refractivity contribution >= 4 is 29.1 Å². The number of carbonyl (C=O) groups excluding carboxylic acids is 1. The second kappa shape index (κ2) is 7.62. The summed E-state index contributed by atoms with van der Waals surface area (Å²) in [7, 11) is 1.56. The van der Waals surface area contributed by atoms with Gasteiger partial charge >= 0.3 is 5.97 Å². The van der Waals surface area contributed by atoms with E-state index in [-0.39, 0.29) is 18.4 Å². The van der Waals surface area contributed by atoms with E-state index in [4.69, 9.17) is 9.47 Å². The minimum absolute atomic E-state index is 0. The van der Waals surface area contributed by atoms with Crippen LogP contribution in [0.4, 0.5) is 0 Å². The Kier molecular flexibility index (Phi) is 6.14. The lowest BCUT2D eigenvalue weighted by Crippen LogP contribution is -2.13. The molecule has 0 aliphatic heterocycles. The number of nitriles is 1. The molecule has 2 aromatic rings. The van der Waals surface area contributed by atoms with Crippen LogP contribution in [0.2, 0.25) is 0 Å². The van der Waals surface area contributed by atoms with Gasteiger partial charge in [-0.15, -0.1) is 12.4 Å². The van der Waals surface area contributed by atoms with Gasteiger partial charge in [0.1, 0.15) is 17.5 Å². The van der Waals surface area contributed by atoms with Gasteiger partial charge in [0.15, 0.2) is 0 Å². The molecular formula is C16H17ClN2O3. The van der Waals surface area contributed by atoms with Crippen LogP contribution >= 0.6 is 12.4 Å². The predicted molar refractivity (Wildman–Crippen MR) is 85.3 cm³/mol. The number of hydrogen-bond donors (Lipinski definition) is 0. The summed E-state index contributed by atoms with van der Waals surface area (Å²) in [6, 6.07) is 7.44. The van der Waals surface area contributed by atoms with Crippen molar-refractivity contribution in [1.29, 1.82) is 5.26 Å². The molecule has 0 amide bonds. The Labute approximate surface area is 135 Å². The highest BCUT2D eigenvalue weighted by Crippen LogP contribution is 2.30. The average Bonchev–Trinajstić information content (AvgIpc) is 2.52. The maximum absolute atomic E-state index is 11.9. The van der Waals surface area contributed by atoms with Gasteiger partial charge in [-0.2, -0.15) is 5.26 Å². The quantitative estimate of drug-likeness (QED) is 0.809. The van der Waals surface area contributed by atoms with Crippen molar-refractivity contribution in [3.8, 4) is 11.8 Å². The molecule has 0 bridgehead atoms. The molecule has 0 fully saturated rings. The molecule has 0 radical (unpaired) electrons. The van der Waals surface area contributed by atoms with E-state index in [2.05, 4.69) is 11.1 Å². The van der Waals surface area contributed by atoms with Crippen LogP contribution < -0.4 is 4.74 Å². The predicted octanol–water partition coefficient (Wildman–Crippen LogP) is 3.20. The number of fused-ring (bicyclic) bond motifs is 1. The fourth-order valence-corrected chi connectivity index (χ4v) is 2.20. The average molecular weight is 321 g/mol. The maximum atomic E-state index is 11.9. The van der Waals surface area contributed by atoms with Crippen molar-refractivity contribution in [1.82, 2.24) is 4.98 Å². The molecule has 0 N–H and O–H groups in total. The van der Waals surface area contributed by atoms with Crippen molar-refractivity contribution in [2.24, 2.45) is 0 Å². The van der Waals surface area contributed by atoms with Crippen molar-refractivity contribution in [2.75, 3.05) is 13.7 Å². The van der Waals surface area contributed by atoms with E-state index in [9.17, 15) is 10.1 Å². The number of methoxy groups -OCH3 is 1. The van der Waals surface area contributed by atoms with Gasteiger partial charge in [0.25, 0.3) is 0 Å². The number of carbonyl (C=O) groups is 1. The third-order valence-corrected chi connectivity index (χ3v) is 3.34. The highest BCUT2D eigenvalue weighted by Gasteiger charge is 2.20. The summed E-state index contributed by atoms with van der Waals surface area (Å²) in [6.07, 6.45) is 1.56. The monoisotopic (exact) mass is 320 g/mol. The number of nitrogens with zero attached hydrogens (tertiary/aromatic N) is 2. The third kappa shape index (κ3) is 3.29. The zero-order valence-electron chi connectivity index (χ0n) is 12.6. The standard InChI is InChI=1S/C16H16N2O3.ClH/c1-4-21-16(19)10(2)14-9-18-15(8-17)13-7-11(20-3)5-6-12(13)14;/h5-7,9-10H,4H2,1-3H3;1H. The fourth-order valence-electron chi connectivity index (χ4n) is 2.20.